The third kappa shape index (κ3) is 2.60. The molecule has 124 valence electrons. The van der Waals surface area contributed by atoms with Gasteiger partial charge in [0, 0.05) is 30.3 Å². The molecule has 1 saturated carbocycles. The summed E-state index contributed by atoms with van der Waals surface area (Å²) in [5, 5.41) is 0. The Balaban J connectivity index is 1.52. The number of nitrogens with zero attached hydrogens (tertiary/aromatic N) is 2. The highest BCUT2D eigenvalue weighted by Crippen LogP contribution is 2.31. The maximum Gasteiger partial charge on any atom is 0.255 e. The van der Waals surface area contributed by atoms with Crippen molar-refractivity contribution >= 4 is 11.8 Å². The molecule has 1 aromatic carbocycles. The number of rotatable bonds is 5. The van der Waals surface area contributed by atoms with Crippen molar-refractivity contribution in [3.63, 3.8) is 0 Å². The third-order valence-electron chi connectivity index (χ3n) is 4.88. The Labute approximate surface area is 140 Å². The number of benzene rings is 1. The molecule has 0 bridgehead atoms. The highest BCUT2D eigenvalue weighted by molar-refractivity contribution is 6.01. The largest absolute Gasteiger partial charge is 0.472 e. The number of hydrogen-bond acceptors (Lipinski definition) is 3. The average Bonchev–Trinajstić information content (AvgIpc) is 3.20. The van der Waals surface area contributed by atoms with Crippen molar-refractivity contribution in [3.05, 3.63) is 59.5 Å². The Morgan fingerprint density at radius 2 is 2.12 bits per heavy atom. The van der Waals surface area contributed by atoms with Crippen LogP contribution in [-0.4, -0.2) is 33.7 Å². The van der Waals surface area contributed by atoms with E-state index in [1.807, 2.05) is 42.2 Å². The van der Waals surface area contributed by atoms with E-state index in [1.165, 1.54) is 0 Å². The van der Waals surface area contributed by atoms with E-state index >= 15 is 0 Å². The summed E-state index contributed by atoms with van der Waals surface area (Å²) < 4.78 is 5.11. The van der Waals surface area contributed by atoms with Gasteiger partial charge in [-0.1, -0.05) is 18.2 Å². The molecule has 1 atom stereocenters. The van der Waals surface area contributed by atoms with Crippen LogP contribution >= 0.6 is 0 Å². The fraction of sp³-hybridized carbons (Fsp3) is 0.368. The van der Waals surface area contributed by atoms with Crippen molar-refractivity contribution in [2.24, 2.45) is 0 Å². The second-order valence-corrected chi connectivity index (χ2v) is 6.60. The summed E-state index contributed by atoms with van der Waals surface area (Å²) in [6, 6.07) is 9.28. The van der Waals surface area contributed by atoms with Crippen LogP contribution in [0.5, 0.6) is 0 Å². The lowest BCUT2D eigenvalue weighted by Crippen LogP contribution is -2.47. The maximum atomic E-state index is 13.0. The Morgan fingerprint density at radius 3 is 2.79 bits per heavy atom. The minimum absolute atomic E-state index is 0.0138. The van der Waals surface area contributed by atoms with Gasteiger partial charge in [-0.25, -0.2) is 0 Å². The molecule has 1 aliphatic heterocycles. The van der Waals surface area contributed by atoms with E-state index in [0.29, 0.717) is 18.7 Å². The van der Waals surface area contributed by atoms with Gasteiger partial charge in [-0.15, -0.1) is 0 Å². The van der Waals surface area contributed by atoms with Crippen LogP contribution in [0.1, 0.15) is 41.3 Å². The van der Waals surface area contributed by atoms with Crippen LogP contribution < -0.4 is 0 Å². The number of carbonyl (C=O) groups excluding carboxylic acids is 2. The summed E-state index contributed by atoms with van der Waals surface area (Å²) in [7, 11) is 0. The van der Waals surface area contributed by atoms with E-state index in [4.69, 9.17) is 4.42 Å². The maximum absolute atomic E-state index is 13.0. The molecule has 0 N–H and O–H groups in total. The van der Waals surface area contributed by atoms with E-state index in [2.05, 4.69) is 0 Å². The van der Waals surface area contributed by atoms with E-state index < -0.39 is 6.04 Å². The number of hydrogen-bond donors (Lipinski definition) is 0. The van der Waals surface area contributed by atoms with E-state index in [-0.39, 0.29) is 17.9 Å². The predicted octanol–water partition coefficient (Wildman–Crippen LogP) is 2.82. The lowest BCUT2D eigenvalue weighted by atomic mass is 10.1. The molecule has 5 nitrogen and oxygen atoms in total. The summed E-state index contributed by atoms with van der Waals surface area (Å²) >= 11 is 0. The van der Waals surface area contributed by atoms with Crippen LogP contribution in [-0.2, 0) is 17.9 Å². The van der Waals surface area contributed by atoms with Crippen molar-refractivity contribution in [2.45, 2.75) is 44.9 Å². The van der Waals surface area contributed by atoms with Gasteiger partial charge in [0.25, 0.3) is 5.91 Å². The second-order valence-electron chi connectivity index (χ2n) is 6.60. The van der Waals surface area contributed by atoms with Gasteiger partial charge in [-0.2, -0.15) is 0 Å². The Kier molecular flexibility index (Phi) is 3.63. The van der Waals surface area contributed by atoms with E-state index in [9.17, 15) is 9.59 Å². The van der Waals surface area contributed by atoms with Crippen LogP contribution in [0.15, 0.2) is 47.3 Å². The van der Waals surface area contributed by atoms with Gasteiger partial charge in [0.05, 0.1) is 12.5 Å². The molecule has 2 amide bonds. The summed E-state index contributed by atoms with van der Waals surface area (Å²) in [4.78, 5) is 29.2. The first-order valence-corrected chi connectivity index (χ1v) is 8.35. The van der Waals surface area contributed by atoms with Crippen LogP contribution in [0.4, 0.5) is 0 Å². The Morgan fingerprint density at radius 1 is 1.33 bits per heavy atom. The molecule has 1 aliphatic carbocycles. The molecule has 0 unspecified atom stereocenters. The van der Waals surface area contributed by atoms with Crippen LogP contribution in [0, 0.1) is 0 Å². The van der Waals surface area contributed by atoms with Gasteiger partial charge in [0.15, 0.2) is 0 Å². The summed E-state index contributed by atoms with van der Waals surface area (Å²) in [6.45, 7) is 2.88. The summed E-state index contributed by atoms with van der Waals surface area (Å²) in [5.41, 5.74) is 2.69. The van der Waals surface area contributed by atoms with Gasteiger partial charge in [0.2, 0.25) is 5.91 Å². The number of fused-ring (bicyclic) bond motifs is 1. The molecule has 0 radical (unpaired) electrons. The predicted molar refractivity (Wildman–Crippen MR) is 88.1 cm³/mol. The summed E-state index contributed by atoms with van der Waals surface area (Å²) in [6.07, 6.45) is 5.36. The molecule has 2 heterocycles. The first kappa shape index (κ1) is 15.0. The molecule has 5 heteroatoms. The third-order valence-corrected chi connectivity index (χ3v) is 4.88. The molecule has 4 rings (SSSR count). The topological polar surface area (TPSA) is 53.8 Å². The van der Waals surface area contributed by atoms with Crippen molar-refractivity contribution in [2.75, 3.05) is 0 Å². The lowest BCUT2D eigenvalue weighted by Gasteiger charge is -2.30. The standard InChI is InChI=1S/C19H20N2O3/c1-13(20-11-15-4-2-3-5-17(15)19(20)23)18(22)21(16-6-7-16)10-14-8-9-24-12-14/h2-5,8-9,12-13,16H,6-7,10-11H2,1H3/t13-/m1/s1. The molecule has 1 fully saturated rings. The zero-order valence-electron chi connectivity index (χ0n) is 13.6. The van der Waals surface area contributed by atoms with E-state index in [1.54, 1.807) is 17.4 Å². The van der Waals surface area contributed by atoms with Gasteiger partial charge in [0.1, 0.15) is 6.04 Å². The highest BCUT2D eigenvalue weighted by Gasteiger charge is 2.39. The molecule has 2 aliphatic rings. The fourth-order valence-corrected chi connectivity index (χ4v) is 3.32. The lowest BCUT2D eigenvalue weighted by molar-refractivity contribution is -0.136. The summed E-state index contributed by atoms with van der Waals surface area (Å²) in [5.74, 6) is -0.0367. The Bertz CT molecular complexity index is 765. The Hall–Kier alpha value is -2.56. The molecule has 2 aromatic rings. The number of carbonyl (C=O) groups is 2. The van der Waals surface area contributed by atoms with Crippen molar-refractivity contribution in [1.82, 2.24) is 9.80 Å². The minimum Gasteiger partial charge on any atom is -0.472 e. The van der Waals surface area contributed by atoms with Gasteiger partial charge in [-0.05, 0) is 37.5 Å². The van der Waals surface area contributed by atoms with Gasteiger partial charge >= 0.3 is 0 Å². The van der Waals surface area contributed by atoms with Gasteiger partial charge in [-0.3, -0.25) is 9.59 Å². The molecule has 0 saturated heterocycles. The fourth-order valence-electron chi connectivity index (χ4n) is 3.32. The zero-order chi connectivity index (χ0) is 16.7. The average molecular weight is 324 g/mol. The van der Waals surface area contributed by atoms with Crippen molar-refractivity contribution in [1.29, 1.82) is 0 Å². The van der Waals surface area contributed by atoms with E-state index in [0.717, 1.165) is 24.0 Å². The highest BCUT2D eigenvalue weighted by atomic mass is 16.3. The quantitative estimate of drug-likeness (QED) is 0.850. The van der Waals surface area contributed by atoms with Crippen LogP contribution in [0.3, 0.4) is 0 Å². The smallest absolute Gasteiger partial charge is 0.255 e. The first-order chi connectivity index (χ1) is 11.6. The molecular weight excluding hydrogens is 304 g/mol. The molecule has 24 heavy (non-hydrogen) atoms. The number of amides is 2. The second kappa shape index (κ2) is 5.82. The monoisotopic (exact) mass is 324 g/mol. The normalized spacial score (nSPS) is 17.7. The first-order valence-electron chi connectivity index (χ1n) is 8.35. The van der Waals surface area contributed by atoms with Crippen molar-refractivity contribution in [3.8, 4) is 0 Å². The van der Waals surface area contributed by atoms with Crippen molar-refractivity contribution < 1.29 is 14.0 Å². The molecule has 0 spiro atoms. The SMILES string of the molecule is C[C@H](C(=O)N(Cc1ccoc1)C1CC1)N1Cc2ccccc2C1=O. The zero-order valence-corrected chi connectivity index (χ0v) is 13.6. The molecular formula is C19H20N2O3. The van der Waals surface area contributed by atoms with Crippen LogP contribution in [0.25, 0.3) is 0 Å². The molecule has 1 aromatic heterocycles. The number of furan rings is 1. The van der Waals surface area contributed by atoms with Crippen LogP contribution in [0.2, 0.25) is 0 Å². The minimum atomic E-state index is -0.461. The van der Waals surface area contributed by atoms with Gasteiger partial charge < -0.3 is 14.2 Å².